The van der Waals surface area contributed by atoms with Crippen molar-refractivity contribution in [3.05, 3.63) is 24.5 Å². The highest BCUT2D eigenvalue weighted by Gasteiger charge is 1.84. The van der Waals surface area contributed by atoms with Crippen LogP contribution in [-0.2, 0) is 4.79 Å². The topological polar surface area (TPSA) is 42.0 Å². The van der Waals surface area contributed by atoms with Crippen LogP contribution in [0.2, 0.25) is 0 Å². The van der Waals surface area contributed by atoms with Gasteiger partial charge in [0.1, 0.15) is 6.29 Å². The third-order valence-electron chi connectivity index (χ3n) is 1.07. The summed E-state index contributed by atoms with van der Waals surface area (Å²) < 4.78 is 0. The van der Waals surface area contributed by atoms with Gasteiger partial charge in [-0.1, -0.05) is 0 Å². The molecule has 0 aromatic carbocycles. The SMILES string of the molecule is O=CCNc1ccncc1. The van der Waals surface area contributed by atoms with Gasteiger partial charge in [-0.2, -0.15) is 0 Å². The quantitative estimate of drug-likeness (QED) is 0.622. The second-order valence-electron chi connectivity index (χ2n) is 1.78. The Balaban J connectivity index is 2.50. The molecule has 1 heterocycles. The van der Waals surface area contributed by atoms with Crippen molar-refractivity contribution in [1.29, 1.82) is 0 Å². The Morgan fingerprint density at radius 1 is 1.50 bits per heavy atom. The number of nitrogens with one attached hydrogen (secondary N) is 1. The maximum Gasteiger partial charge on any atom is 0.139 e. The van der Waals surface area contributed by atoms with Crippen molar-refractivity contribution in [1.82, 2.24) is 4.98 Å². The second kappa shape index (κ2) is 3.61. The first-order valence-electron chi connectivity index (χ1n) is 3.01. The van der Waals surface area contributed by atoms with Crippen LogP contribution in [0.4, 0.5) is 5.69 Å². The van der Waals surface area contributed by atoms with Gasteiger partial charge in [0.15, 0.2) is 0 Å². The summed E-state index contributed by atoms with van der Waals surface area (Å²) in [5.74, 6) is 0. The van der Waals surface area contributed by atoms with Crippen molar-refractivity contribution in [2.75, 3.05) is 11.9 Å². The second-order valence-corrected chi connectivity index (χ2v) is 1.78. The van der Waals surface area contributed by atoms with E-state index in [2.05, 4.69) is 10.3 Å². The largest absolute Gasteiger partial charge is 0.378 e. The molecule has 1 rings (SSSR count). The standard InChI is InChI=1S/C7H8N2O/c10-6-5-9-7-1-3-8-4-2-7/h1-4,6H,5H2,(H,8,9). The summed E-state index contributed by atoms with van der Waals surface area (Å²) in [6.45, 7) is 0.351. The molecule has 3 heteroatoms. The average molecular weight is 136 g/mol. The van der Waals surface area contributed by atoms with Gasteiger partial charge >= 0.3 is 0 Å². The van der Waals surface area contributed by atoms with Gasteiger partial charge in [-0.25, -0.2) is 0 Å². The van der Waals surface area contributed by atoms with E-state index < -0.39 is 0 Å². The van der Waals surface area contributed by atoms with E-state index in [1.807, 2.05) is 12.1 Å². The van der Waals surface area contributed by atoms with Crippen molar-refractivity contribution in [3.8, 4) is 0 Å². The minimum absolute atomic E-state index is 0.351. The molecular formula is C7H8N2O. The summed E-state index contributed by atoms with van der Waals surface area (Å²) >= 11 is 0. The molecule has 0 unspecified atom stereocenters. The minimum atomic E-state index is 0.351. The Morgan fingerprint density at radius 2 is 2.20 bits per heavy atom. The predicted molar refractivity (Wildman–Crippen MR) is 38.8 cm³/mol. The van der Waals surface area contributed by atoms with E-state index in [9.17, 15) is 4.79 Å². The number of carbonyl (C=O) groups is 1. The number of rotatable bonds is 3. The van der Waals surface area contributed by atoms with Crippen molar-refractivity contribution < 1.29 is 4.79 Å². The van der Waals surface area contributed by atoms with Gasteiger partial charge < -0.3 is 10.1 Å². The predicted octanol–water partition coefficient (Wildman–Crippen LogP) is 0.692. The first-order chi connectivity index (χ1) is 4.93. The van der Waals surface area contributed by atoms with Gasteiger partial charge in [0.25, 0.3) is 0 Å². The molecule has 1 aromatic heterocycles. The fraction of sp³-hybridized carbons (Fsp3) is 0.143. The van der Waals surface area contributed by atoms with Gasteiger partial charge in [0.2, 0.25) is 0 Å². The fourth-order valence-corrected chi connectivity index (χ4v) is 0.629. The molecule has 0 aliphatic rings. The van der Waals surface area contributed by atoms with Crippen LogP contribution in [0.25, 0.3) is 0 Å². The van der Waals surface area contributed by atoms with Gasteiger partial charge in [-0.05, 0) is 12.1 Å². The number of anilines is 1. The van der Waals surface area contributed by atoms with Crippen molar-refractivity contribution in [2.24, 2.45) is 0 Å². The Kier molecular flexibility index (Phi) is 2.43. The van der Waals surface area contributed by atoms with E-state index >= 15 is 0 Å². The van der Waals surface area contributed by atoms with Crippen molar-refractivity contribution in [2.45, 2.75) is 0 Å². The molecule has 0 amide bonds. The lowest BCUT2D eigenvalue weighted by Crippen LogP contribution is -2.01. The number of aldehydes is 1. The van der Waals surface area contributed by atoms with Crippen LogP contribution in [-0.4, -0.2) is 17.8 Å². The van der Waals surface area contributed by atoms with E-state index in [1.165, 1.54) is 0 Å². The third kappa shape index (κ3) is 1.85. The molecule has 0 fully saturated rings. The van der Waals surface area contributed by atoms with Gasteiger partial charge in [-0.3, -0.25) is 4.98 Å². The van der Waals surface area contributed by atoms with Crippen molar-refractivity contribution >= 4 is 12.0 Å². The molecule has 0 saturated carbocycles. The fourth-order valence-electron chi connectivity index (χ4n) is 0.629. The molecule has 10 heavy (non-hydrogen) atoms. The molecule has 3 nitrogen and oxygen atoms in total. The summed E-state index contributed by atoms with van der Waals surface area (Å²) in [7, 11) is 0. The van der Waals surface area contributed by atoms with E-state index in [0.717, 1.165) is 12.0 Å². The van der Waals surface area contributed by atoms with Gasteiger partial charge in [-0.15, -0.1) is 0 Å². The van der Waals surface area contributed by atoms with E-state index in [1.54, 1.807) is 12.4 Å². The summed E-state index contributed by atoms with van der Waals surface area (Å²) in [4.78, 5) is 13.7. The van der Waals surface area contributed by atoms with Crippen LogP contribution < -0.4 is 5.32 Å². The highest BCUT2D eigenvalue weighted by atomic mass is 16.1. The summed E-state index contributed by atoms with van der Waals surface area (Å²) in [5, 5.41) is 2.89. The zero-order valence-corrected chi connectivity index (χ0v) is 5.45. The Hall–Kier alpha value is -1.38. The Bertz CT molecular complexity index is 198. The monoisotopic (exact) mass is 136 g/mol. The minimum Gasteiger partial charge on any atom is -0.378 e. The first-order valence-corrected chi connectivity index (χ1v) is 3.01. The summed E-state index contributed by atoms with van der Waals surface area (Å²) in [6, 6.07) is 3.62. The number of pyridine rings is 1. The number of hydrogen-bond donors (Lipinski definition) is 1. The van der Waals surface area contributed by atoms with Crippen LogP contribution in [0.15, 0.2) is 24.5 Å². The molecular weight excluding hydrogens is 128 g/mol. The molecule has 0 bridgehead atoms. The maximum absolute atomic E-state index is 9.90. The lowest BCUT2D eigenvalue weighted by atomic mass is 10.4. The molecule has 1 aromatic rings. The highest BCUT2D eigenvalue weighted by Crippen LogP contribution is 2.00. The summed E-state index contributed by atoms with van der Waals surface area (Å²) in [5.41, 5.74) is 0.919. The molecule has 0 spiro atoms. The van der Waals surface area contributed by atoms with Crippen molar-refractivity contribution in [3.63, 3.8) is 0 Å². The molecule has 0 radical (unpaired) electrons. The van der Waals surface area contributed by atoms with E-state index in [0.29, 0.717) is 6.54 Å². The molecule has 0 atom stereocenters. The number of aromatic nitrogens is 1. The number of hydrogen-bond acceptors (Lipinski definition) is 3. The van der Waals surface area contributed by atoms with Crippen LogP contribution in [0.3, 0.4) is 0 Å². The lowest BCUT2D eigenvalue weighted by molar-refractivity contribution is -0.106. The third-order valence-corrected chi connectivity index (χ3v) is 1.07. The zero-order chi connectivity index (χ0) is 7.23. The zero-order valence-electron chi connectivity index (χ0n) is 5.45. The summed E-state index contributed by atoms with van der Waals surface area (Å²) in [6.07, 6.45) is 4.17. The van der Waals surface area contributed by atoms with E-state index in [-0.39, 0.29) is 0 Å². The van der Waals surface area contributed by atoms with Gasteiger partial charge in [0.05, 0.1) is 6.54 Å². The van der Waals surface area contributed by atoms with Crippen LogP contribution in [0.5, 0.6) is 0 Å². The van der Waals surface area contributed by atoms with Crippen LogP contribution in [0, 0.1) is 0 Å². The average Bonchev–Trinajstić information content (AvgIpc) is 2.03. The Labute approximate surface area is 59.1 Å². The molecule has 0 aliphatic carbocycles. The first kappa shape index (κ1) is 6.74. The number of carbonyl (C=O) groups excluding carboxylic acids is 1. The maximum atomic E-state index is 9.90. The normalized spacial score (nSPS) is 8.80. The molecule has 1 N–H and O–H groups in total. The van der Waals surface area contributed by atoms with Crippen LogP contribution >= 0.6 is 0 Å². The van der Waals surface area contributed by atoms with E-state index in [4.69, 9.17) is 0 Å². The van der Waals surface area contributed by atoms with Gasteiger partial charge in [0, 0.05) is 18.1 Å². The lowest BCUT2D eigenvalue weighted by Gasteiger charge is -1.98. The Morgan fingerprint density at radius 3 is 2.80 bits per heavy atom. The highest BCUT2D eigenvalue weighted by molar-refractivity contribution is 5.58. The molecule has 0 aliphatic heterocycles. The smallest absolute Gasteiger partial charge is 0.139 e. The molecule has 52 valence electrons. The molecule has 0 saturated heterocycles. The number of nitrogens with zero attached hydrogens (tertiary/aromatic N) is 1. The van der Waals surface area contributed by atoms with Crippen LogP contribution in [0.1, 0.15) is 0 Å².